The molecule has 5 nitrogen and oxygen atoms in total. The van der Waals surface area contributed by atoms with Crippen LogP contribution < -0.4 is 0 Å². The van der Waals surface area contributed by atoms with Gasteiger partial charge in [0.1, 0.15) is 12.4 Å². The van der Waals surface area contributed by atoms with Gasteiger partial charge in [-0.2, -0.15) is 0 Å². The molecule has 0 bridgehead atoms. The maximum atomic E-state index is 12.3. The third kappa shape index (κ3) is 5.38. The molecule has 1 aliphatic rings. The molecule has 0 spiro atoms. The van der Waals surface area contributed by atoms with Crippen molar-refractivity contribution in [2.24, 2.45) is 5.92 Å². The van der Waals surface area contributed by atoms with Gasteiger partial charge in [0.2, 0.25) is 6.29 Å². The van der Waals surface area contributed by atoms with E-state index >= 15 is 0 Å². The number of esters is 1. The van der Waals surface area contributed by atoms with Crippen LogP contribution >= 0.6 is 0 Å². The molecule has 5 heteroatoms. The number of carbonyl (C=O) groups excluding carboxylic acids is 2. The molecule has 0 saturated carbocycles. The summed E-state index contributed by atoms with van der Waals surface area (Å²) < 4.78 is 17.1. The maximum absolute atomic E-state index is 12.3. The lowest BCUT2D eigenvalue weighted by atomic mass is 10.00. The molecule has 1 aliphatic heterocycles. The fraction of sp³-hybridized carbons (Fsp3) is 0.600. The van der Waals surface area contributed by atoms with Crippen molar-refractivity contribution in [3.8, 4) is 0 Å². The fourth-order valence-corrected chi connectivity index (χ4v) is 2.95. The first-order valence-corrected chi connectivity index (χ1v) is 8.95. The third-order valence-electron chi connectivity index (χ3n) is 4.39. The van der Waals surface area contributed by atoms with Crippen LogP contribution in [0.2, 0.25) is 0 Å². The summed E-state index contributed by atoms with van der Waals surface area (Å²) in [5, 5.41) is 0. The van der Waals surface area contributed by atoms with Crippen LogP contribution in [0.4, 0.5) is 0 Å². The van der Waals surface area contributed by atoms with Crippen LogP contribution in [0.1, 0.15) is 62.4 Å². The molecule has 0 radical (unpaired) electrons. The topological polar surface area (TPSA) is 61.8 Å². The molecule has 2 unspecified atom stereocenters. The van der Waals surface area contributed by atoms with Gasteiger partial charge in [-0.25, -0.2) is 4.79 Å². The zero-order chi connectivity index (χ0) is 18.4. The fourth-order valence-electron chi connectivity index (χ4n) is 2.95. The Morgan fingerprint density at radius 2 is 2.04 bits per heavy atom. The Morgan fingerprint density at radius 1 is 1.32 bits per heavy atom. The molecule has 2 rings (SSSR count). The van der Waals surface area contributed by atoms with Gasteiger partial charge in [-0.3, -0.25) is 4.79 Å². The number of benzene rings is 1. The average Bonchev–Trinajstić information content (AvgIpc) is 2.96. The highest BCUT2D eigenvalue weighted by atomic mass is 16.8. The molecule has 0 N–H and O–H groups in total. The molecule has 1 heterocycles. The Balaban J connectivity index is 1.91. The summed E-state index contributed by atoms with van der Waals surface area (Å²) in [4.78, 5) is 24.2. The number of aryl methyl sites for hydroxylation is 1. The molecule has 1 aromatic rings. The van der Waals surface area contributed by atoms with Gasteiger partial charge in [0.25, 0.3) is 0 Å². The Kier molecular flexibility index (Phi) is 6.73. The number of hydrogen-bond acceptors (Lipinski definition) is 5. The number of ketones is 1. The molecule has 25 heavy (non-hydrogen) atoms. The van der Waals surface area contributed by atoms with Crippen molar-refractivity contribution < 1.29 is 23.8 Å². The number of ether oxygens (including phenoxy) is 3. The van der Waals surface area contributed by atoms with E-state index < -0.39 is 18.0 Å². The number of Topliss-reactive ketones (excluding diaryl/α,β-unsaturated/α-hetero) is 1. The van der Waals surface area contributed by atoms with Gasteiger partial charge in [0.15, 0.2) is 5.79 Å². The lowest BCUT2D eigenvalue weighted by Crippen LogP contribution is -2.32. The monoisotopic (exact) mass is 348 g/mol. The van der Waals surface area contributed by atoms with E-state index in [0.29, 0.717) is 37.2 Å². The molecule has 1 aromatic carbocycles. The zero-order valence-electron chi connectivity index (χ0n) is 15.5. The molecule has 138 valence electrons. The van der Waals surface area contributed by atoms with Crippen molar-refractivity contribution in [3.05, 3.63) is 35.4 Å². The van der Waals surface area contributed by atoms with Crippen LogP contribution in [0, 0.1) is 12.8 Å². The van der Waals surface area contributed by atoms with Crippen LogP contribution in [0.15, 0.2) is 24.3 Å². The van der Waals surface area contributed by atoms with E-state index in [1.165, 1.54) is 0 Å². The van der Waals surface area contributed by atoms with Crippen molar-refractivity contribution in [1.82, 2.24) is 0 Å². The standard InChI is InChI=1S/C20H28O5/c1-5-20(11-10-16(21)12-14(2)3)23-13-18(25-20)24-19(22)17-9-7-6-8-15(17)4/h6-9,14,18H,5,10-13H2,1-4H3. The minimum atomic E-state index is -0.844. The molecule has 0 amide bonds. The van der Waals surface area contributed by atoms with Gasteiger partial charge < -0.3 is 14.2 Å². The number of hydrogen-bond donors (Lipinski definition) is 0. The van der Waals surface area contributed by atoms with Gasteiger partial charge >= 0.3 is 5.97 Å². The van der Waals surface area contributed by atoms with Crippen LogP contribution in [-0.2, 0) is 19.0 Å². The minimum absolute atomic E-state index is 0.184. The second kappa shape index (κ2) is 8.59. The van der Waals surface area contributed by atoms with Crippen LogP contribution in [0.25, 0.3) is 0 Å². The summed E-state index contributed by atoms with van der Waals surface area (Å²) in [5.41, 5.74) is 1.37. The minimum Gasteiger partial charge on any atom is -0.429 e. The maximum Gasteiger partial charge on any atom is 0.340 e. The predicted molar refractivity (Wildman–Crippen MR) is 94.1 cm³/mol. The van der Waals surface area contributed by atoms with Gasteiger partial charge in [-0.1, -0.05) is 39.0 Å². The second-order valence-electron chi connectivity index (χ2n) is 6.98. The number of carbonyl (C=O) groups is 2. The quantitative estimate of drug-likeness (QED) is 0.664. The normalized spacial score (nSPS) is 23.0. The molecule has 0 aromatic heterocycles. The SMILES string of the molecule is CCC1(CCC(=O)CC(C)C)OCC(OC(=O)c2ccccc2C)O1. The smallest absolute Gasteiger partial charge is 0.340 e. The largest absolute Gasteiger partial charge is 0.429 e. The van der Waals surface area contributed by atoms with E-state index in [2.05, 4.69) is 0 Å². The van der Waals surface area contributed by atoms with Crippen molar-refractivity contribution in [2.45, 2.75) is 65.5 Å². The summed E-state index contributed by atoms with van der Waals surface area (Å²) in [5.74, 6) is -0.716. The summed E-state index contributed by atoms with van der Waals surface area (Å²) in [6, 6.07) is 7.26. The molecular weight excluding hydrogens is 320 g/mol. The van der Waals surface area contributed by atoms with Gasteiger partial charge in [0.05, 0.1) is 5.56 Å². The summed E-state index contributed by atoms with van der Waals surface area (Å²) in [7, 11) is 0. The van der Waals surface area contributed by atoms with Crippen LogP contribution in [-0.4, -0.2) is 30.4 Å². The first-order valence-electron chi connectivity index (χ1n) is 8.95. The first kappa shape index (κ1) is 19.6. The van der Waals surface area contributed by atoms with Crippen LogP contribution in [0.3, 0.4) is 0 Å². The van der Waals surface area contributed by atoms with E-state index in [1.807, 2.05) is 39.8 Å². The Labute approximate surface area is 149 Å². The highest BCUT2D eigenvalue weighted by Crippen LogP contribution is 2.33. The lowest BCUT2D eigenvalue weighted by molar-refractivity contribution is -0.204. The van der Waals surface area contributed by atoms with Crippen molar-refractivity contribution >= 4 is 11.8 Å². The Morgan fingerprint density at radius 3 is 2.68 bits per heavy atom. The van der Waals surface area contributed by atoms with E-state index in [4.69, 9.17) is 14.2 Å². The van der Waals surface area contributed by atoms with E-state index in [9.17, 15) is 9.59 Å². The van der Waals surface area contributed by atoms with Crippen LogP contribution in [0.5, 0.6) is 0 Å². The van der Waals surface area contributed by atoms with Gasteiger partial charge in [0, 0.05) is 19.3 Å². The van der Waals surface area contributed by atoms with Gasteiger partial charge in [-0.15, -0.1) is 0 Å². The van der Waals surface area contributed by atoms with Crippen molar-refractivity contribution in [2.75, 3.05) is 6.61 Å². The molecular formula is C20H28O5. The van der Waals surface area contributed by atoms with E-state index in [0.717, 1.165) is 5.56 Å². The Bertz CT molecular complexity index is 610. The molecule has 0 aliphatic carbocycles. The van der Waals surface area contributed by atoms with Gasteiger partial charge in [-0.05, 0) is 30.9 Å². The van der Waals surface area contributed by atoms with Crippen molar-refractivity contribution in [3.63, 3.8) is 0 Å². The summed E-state index contributed by atoms with van der Waals surface area (Å²) in [6.45, 7) is 8.04. The summed E-state index contributed by atoms with van der Waals surface area (Å²) in [6.07, 6.45) is 1.30. The third-order valence-corrected chi connectivity index (χ3v) is 4.39. The van der Waals surface area contributed by atoms with Crippen molar-refractivity contribution in [1.29, 1.82) is 0 Å². The first-order chi connectivity index (χ1) is 11.8. The second-order valence-corrected chi connectivity index (χ2v) is 6.98. The Hall–Kier alpha value is -1.72. The molecule has 2 atom stereocenters. The summed E-state index contributed by atoms with van der Waals surface area (Å²) >= 11 is 0. The number of rotatable bonds is 8. The zero-order valence-corrected chi connectivity index (χ0v) is 15.5. The predicted octanol–water partition coefficient (Wildman–Crippen LogP) is 4.03. The molecule has 1 fully saturated rings. The van der Waals surface area contributed by atoms with E-state index in [1.54, 1.807) is 12.1 Å². The van der Waals surface area contributed by atoms with E-state index in [-0.39, 0.29) is 12.4 Å². The lowest BCUT2D eigenvalue weighted by Gasteiger charge is -2.26. The highest BCUT2D eigenvalue weighted by molar-refractivity contribution is 5.91. The average molecular weight is 348 g/mol. The molecule has 1 saturated heterocycles. The highest BCUT2D eigenvalue weighted by Gasteiger charge is 2.42.